The summed E-state index contributed by atoms with van der Waals surface area (Å²) in [6.07, 6.45) is 4.76. The number of allylic oxidation sites excluding steroid dienone is 2. The van der Waals surface area contributed by atoms with E-state index in [4.69, 9.17) is 0 Å². The van der Waals surface area contributed by atoms with Gasteiger partial charge in [-0.15, -0.1) is 0 Å². The van der Waals surface area contributed by atoms with Crippen LogP contribution < -0.4 is 0 Å². The Hall–Kier alpha value is -0.890. The monoisotopic (exact) mass is 234 g/mol. The van der Waals surface area contributed by atoms with Gasteiger partial charge in [0.1, 0.15) is 0 Å². The van der Waals surface area contributed by atoms with Gasteiger partial charge in [0.15, 0.2) is 5.78 Å². The third-order valence-corrected chi connectivity index (χ3v) is 4.88. The number of hydrogen-bond donors (Lipinski definition) is 1. The highest BCUT2D eigenvalue weighted by Crippen LogP contribution is 2.54. The van der Waals surface area contributed by atoms with Crippen molar-refractivity contribution in [3.63, 3.8) is 0 Å². The Bertz CT molecular complexity index is 407. The quantitative estimate of drug-likeness (QED) is 0.708. The topological polar surface area (TPSA) is 37.3 Å². The van der Waals surface area contributed by atoms with Crippen LogP contribution in [0.15, 0.2) is 23.8 Å². The van der Waals surface area contributed by atoms with Crippen LogP contribution >= 0.6 is 0 Å². The molecule has 2 aliphatic carbocycles. The molecular formula is C15H22O2. The number of aliphatic hydroxyl groups is 1. The van der Waals surface area contributed by atoms with E-state index in [2.05, 4.69) is 13.5 Å². The fourth-order valence-corrected chi connectivity index (χ4v) is 3.49. The molecule has 94 valence electrons. The number of rotatable bonds is 1. The highest BCUT2D eigenvalue weighted by molar-refractivity contribution is 5.92. The summed E-state index contributed by atoms with van der Waals surface area (Å²) < 4.78 is 0. The van der Waals surface area contributed by atoms with Crippen LogP contribution in [0.5, 0.6) is 0 Å². The molecule has 0 aromatic carbocycles. The van der Waals surface area contributed by atoms with E-state index in [-0.39, 0.29) is 11.2 Å². The van der Waals surface area contributed by atoms with Crippen LogP contribution in [0.2, 0.25) is 0 Å². The molecule has 17 heavy (non-hydrogen) atoms. The first-order valence-electron chi connectivity index (χ1n) is 6.38. The summed E-state index contributed by atoms with van der Waals surface area (Å²) in [6, 6.07) is 0. The highest BCUT2D eigenvalue weighted by Gasteiger charge is 2.54. The summed E-state index contributed by atoms with van der Waals surface area (Å²) in [5.74, 6) is 0.535. The van der Waals surface area contributed by atoms with E-state index in [9.17, 15) is 9.90 Å². The molecular weight excluding hydrogens is 212 g/mol. The molecule has 0 aromatic heterocycles. The lowest BCUT2D eigenvalue weighted by atomic mass is 9.54. The molecule has 0 amide bonds. The van der Waals surface area contributed by atoms with E-state index in [0.717, 1.165) is 24.0 Å². The third kappa shape index (κ3) is 1.79. The van der Waals surface area contributed by atoms with Crippen LogP contribution in [0, 0.1) is 11.3 Å². The van der Waals surface area contributed by atoms with Crippen LogP contribution in [0.1, 0.15) is 46.5 Å². The smallest absolute Gasteiger partial charge is 0.156 e. The van der Waals surface area contributed by atoms with Gasteiger partial charge in [0, 0.05) is 11.8 Å². The maximum Gasteiger partial charge on any atom is 0.156 e. The van der Waals surface area contributed by atoms with Crippen molar-refractivity contribution in [3.8, 4) is 0 Å². The first-order chi connectivity index (χ1) is 7.78. The van der Waals surface area contributed by atoms with Gasteiger partial charge in [0.05, 0.1) is 5.60 Å². The Morgan fingerprint density at radius 3 is 2.82 bits per heavy atom. The van der Waals surface area contributed by atoms with Gasteiger partial charge in [0.2, 0.25) is 0 Å². The van der Waals surface area contributed by atoms with Gasteiger partial charge in [-0.2, -0.15) is 0 Å². The number of hydrogen-bond acceptors (Lipinski definition) is 2. The number of carbonyl (C=O) groups is 1. The lowest BCUT2D eigenvalue weighted by molar-refractivity contribution is -0.133. The summed E-state index contributed by atoms with van der Waals surface area (Å²) in [5.41, 5.74) is 0.879. The van der Waals surface area contributed by atoms with E-state index >= 15 is 0 Å². The zero-order valence-corrected chi connectivity index (χ0v) is 11.0. The molecule has 0 aliphatic heterocycles. The Labute approximate surface area is 103 Å². The molecule has 0 bridgehead atoms. The van der Waals surface area contributed by atoms with Gasteiger partial charge in [-0.05, 0) is 50.7 Å². The van der Waals surface area contributed by atoms with Crippen molar-refractivity contribution in [1.82, 2.24) is 0 Å². The van der Waals surface area contributed by atoms with Crippen LogP contribution in [-0.2, 0) is 4.79 Å². The van der Waals surface area contributed by atoms with Crippen molar-refractivity contribution < 1.29 is 9.90 Å². The van der Waals surface area contributed by atoms with Gasteiger partial charge >= 0.3 is 0 Å². The summed E-state index contributed by atoms with van der Waals surface area (Å²) >= 11 is 0. The molecule has 0 unspecified atom stereocenters. The maximum atomic E-state index is 11.7. The molecule has 3 atom stereocenters. The van der Waals surface area contributed by atoms with Crippen molar-refractivity contribution >= 4 is 5.78 Å². The molecule has 0 heterocycles. The Kier molecular flexibility index (Phi) is 2.81. The predicted octanol–water partition coefficient (Wildman–Crippen LogP) is 3.02. The van der Waals surface area contributed by atoms with Gasteiger partial charge in [-0.3, -0.25) is 4.79 Å². The highest BCUT2D eigenvalue weighted by atomic mass is 16.3. The third-order valence-electron chi connectivity index (χ3n) is 4.88. The van der Waals surface area contributed by atoms with E-state index in [0.29, 0.717) is 18.8 Å². The average molecular weight is 234 g/mol. The van der Waals surface area contributed by atoms with Crippen LogP contribution in [0.4, 0.5) is 0 Å². The normalized spacial score (nSPS) is 41.8. The summed E-state index contributed by atoms with van der Waals surface area (Å²) in [6.45, 7) is 9.98. The van der Waals surface area contributed by atoms with Gasteiger partial charge in [-0.25, -0.2) is 0 Å². The lowest BCUT2D eigenvalue weighted by Gasteiger charge is -2.53. The molecule has 2 heteroatoms. The van der Waals surface area contributed by atoms with Crippen molar-refractivity contribution in [2.75, 3.05) is 0 Å². The summed E-state index contributed by atoms with van der Waals surface area (Å²) in [5, 5.41) is 11.0. The van der Waals surface area contributed by atoms with E-state index < -0.39 is 5.60 Å². The standard InChI is InChI=1S/C15H22O2/c1-10(2)12-5-6-14(4)9-13(16)7-11(3)15(14,17)8-12/h7,12,17H,1,5-6,8-9H2,2-4H3/t12-,14+,15-/m1/s1. The molecule has 0 aromatic rings. The van der Waals surface area contributed by atoms with Crippen molar-refractivity contribution in [3.05, 3.63) is 23.8 Å². The zero-order valence-electron chi connectivity index (χ0n) is 11.0. The molecule has 2 rings (SSSR count). The minimum Gasteiger partial charge on any atom is -0.385 e. The Balaban J connectivity index is 2.40. The molecule has 1 fully saturated rings. The van der Waals surface area contributed by atoms with Crippen molar-refractivity contribution in [2.24, 2.45) is 11.3 Å². The summed E-state index contributed by atoms with van der Waals surface area (Å²) in [4.78, 5) is 11.7. The number of fused-ring (bicyclic) bond motifs is 1. The summed E-state index contributed by atoms with van der Waals surface area (Å²) in [7, 11) is 0. The van der Waals surface area contributed by atoms with Gasteiger partial charge in [0.25, 0.3) is 0 Å². The molecule has 0 radical (unpaired) electrons. The van der Waals surface area contributed by atoms with Crippen LogP contribution in [-0.4, -0.2) is 16.5 Å². The van der Waals surface area contributed by atoms with Crippen molar-refractivity contribution in [1.29, 1.82) is 0 Å². The largest absolute Gasteiger partial charge is 0.385 e. The molecule has 1 N–H and O–H groups in total. The van der Waals surface area contributed by atoms with E-state index in [1.807, 2.05) is 13.8 Å². The van der Waals surface area contributed by atoms with Gasteiger partial charge < -0.3 is 5.11 Å². The van der Waals surface area contributed by atoms with Crippen molar-refractivity contribution in [2.45, 2.75) is 52.1 Å². The van der Waals surface area contributed by atoms with Crippen LogP contribution in [0.25, 0.3) is 0 Å². The Morgan fingerprint density at radius 2 is 2.24 bits per heavy atom. The fourth-order valence-electron chi connectivity index (χ4n) is 3.49. The minimum atomic E-state index is -0.817. The van der Waals surface area contributed by atoms with E-state index in [1.54, 1.807) is 6.08 Å². The van der Waals surface area contributed by atoms with Crippen LogP contribution in [0.3, 0.4) is 0 Å². The molecule has 0 spiro atoms. The fraction of sp³-hybridized carbons (Fsp3) is 0.667. The number of carbonyl (C=O) groups excluding carboxylic acids is 1. The predicted molar refractivity (Wildman–Crippen MR) is 68.6 cm³/mol. The molecule has 2 aliphatic rings. The molecule has 0 saturated heterocycles. The maximum absolute atomic E-state index is 11.7. The lowest BCUT2D eigenvalue weighted by Crippen LogP contribution is -2.54. The second kappa shape index (κ2) is 3.81. The first kappa shape index (κ1) is 12.6. The second-order valence-corrected chi connectivity index (χ2v) is 6.18. The zero-order chi connectivity index (χ0) is 12.8. The first-order valence-corrected chi connectivity index (χ1v) is 6.38. The average Bonchev–Trinajstić information content (AvgIpc) is 2.20. The SMILES string of the molecule is C=C(C)[C@@H]1CC[C@@]2(C)CC(=O)C=C(C)[C@]2(O)C1. The molecule has 1 saturated carbocycles. The van der Waals surface area contributed by atoms with Gasteiger partial charge in [-0.1, -0.05) is 19.1 Å². The minimum absolute atomic E-state index is 0.156. The second-order valence-electron chi connectivity index (χ2n) is 6.18. The Morgan fingerprint density at radius 1 is 1.59 bits per heavy atom. The number of ketones is 1. The molecule has 2 nitrogen and oxygen atoms in total. The van der Waals surface area contributed by atoms with E-state index in [1.165, 1.54) is 0 Å².